The van der Waals surface area contributed by atoms with Crippen LogP contribution in [-0.4, -0.2) is 22.2 Å². The van der Waals surface area contributed by atoms with E-state index in [0.717, 1.165) is 0 Å². The first-order valence-corrected chi connectivity index (χ1v) is 6.17. The maximum Gasteiger partial charge on any atom is 0.252 e. The fraction of sp³-hybridized carbons (Fsp3) is 0.167. The number of halogens is 2. The number of hydrogen-bond donors (Lipinski definition) is 1. The molecular weight excluding hydrogens is 301 g/mol. The number of nitrogens with zero attached hydrogens (tertiary/aromatic N) is 2. The molecule has 1 heterocycles. The van der Waals surface area contributed by atoms with Crippen molar-refractivity contribution >= 4 is 21.8 Å². The molecule has 0 bridgehead atoms. The van der Waals surface area contributed by atoms with Crippen LogP contribution in [0.2, 0.25) is 0 Å². The van der Waals surface area contributed by atoms with E-state index in [1.54, 1.807) is 16.9 Å². The Kier molecular flexibility index (Phi) is 4.09. The largest absolute Gasteiger partial charge is 0.350 e. The number of amides is 1. The van der Waals surface area contributed by atoms with E-state index in [4.69, 9.17) is 0 Å². The zero-order valence-corrected chi connectivity index (χ0v) is 11.0. The van der Waals surface area contributed by atoms with Gasteiger partial charge in [0.1, 0.15) is 5.82 Å². The van der Waals surface area contributed by atoms with E-state index >= 15 is 0 Å². The molecule has 0 spiro atoms. The number of carbonyl (C=O) groups excluding carboxylic acids is 1. The van der Waals surface area contributed by atoms with Crippen LogP contribution < -0.4 is 5.32 Å². The Hall–Kier alpha value is -1.69. The van der Waals surface area contributed by atoms with Crippen LogP contribution in [0.3, 0.4) is 0 Å². The molecule has 0 fully saturated rings. The second-order valence-corrected chi connectivity index (χ2v) is 4.42. The van der Waals surface area contributed by atoms with Crippen LogP contribution in [0.15, 0.2) is 41.1 Å². The molecule has 94 valence electrons. The van der Waals surface area contributed by atoms with Crippen LogP contribution >= 0.6 is 15.9 Å². The molecule has 2 aromatic rings. The van der Waals surface area contributed by atoms with Crippen LogP contribution in [0.5, 0.6) is 0 Å². The highest BCUT2D eigenvalue weighted by molar-refractivity contribution is 9.10. The predicted molar refractivity (Wildman–Crippen MR) is 68.7 cm³/mol. The Morgan fingerprint density at radius 2 is 2.28 bits per heavy atom. The fourth-order valence-corrected chi connectivity index (χ4v) is 1.94. The van der Waals surface area contributed by atoms with E-state index in [2.05, 4.69) is 26.3 Å². The van der Waals surface area contributed by atoms with Gasteiger partial charge >= 0.3 is 0 Å². The van der Waals surface area contributed by atoms with E-state index < -0.39 is 5.82 Å². The first-order valence-electron chi connectivity index (χ1n) is 5.38. The van der Waals surface area contributed by atoms with Crippen molar-refractivity contribution in [3.8, 4) is 0 Å². The summed E-state index contributed by atoms with van der Waals surface area (Å²) in [5.41, 5.74) is 0.287. The van der Waals surface area contributed by atoms with Gasteiger partial charge in [0, 0.05) is 18.9 Å². The number of benzene rings is 1. The lowest BCUT2D eigenvalue weighted by atomic mass is 10.2. The smallest absolute Gasteiger partial charge is 0.252 e. The minimum absolute atomic E-state index is 0.182. The zero-order chi connectivity index (χ0) is 13.0. The summed E-state index contributed by atoms with van der Waals surface area (Å²) in [6.45, 7) is 1.01. The van der Waals surface area contributed by atoms with Crippen LogP contribution in [0.25, 0.3) is 0 Å². The van der Waals surface area contributed by atoms with Gasteiger partial charge < -0.3 is 5.32 Å². The summed E-state index contributed by atoms with van der Waals surface area (Å²) in [5, 5.41) is 6.72. The molecular formula is C12H11BrFN3O. The summed E-state index contributed by atoms with van der Waals surface area (Å²) in [5.74, 6) is -0.761. The van der Waals surface area contributed by atoms with Crippen molar-refractivity contribution in [1.82, 2.24) is 15.1 Å². The highest BCUT2D eigenvalue weighted by atomic mass is 79.9. The average molecular weight is 312 g/mol. The third-order valence-corrected chi connectivity index (χ3v) is 3.19. The molecule has 0 radical (unpaired) electrons. The average Bonchev–Trinajstić information content (AvgIpc) is 2.85. The van der Waals surface area contributed by atoms with Crippen LogP contribution in [-0.2, 0) is 6.54 Å². The predicted octanol–water partition coefficient (Wildman–Crippen LogP) is 2.21. The maximum absolute atomic E-state index is 13.2. The van der Waals surface area contributed by atoms with Crippen LogP contribution in [0, 0.1) is 5.82 Å². The van der Waals surface area contributed by atoms with Gasteiger partial charge in [0.25, 0.3) is 5.91 Å². The topological polar surface area (TPSA) is 46.9 Å². The van der Waals surface area contributed by atoms with Crippen molar-refractivity contribution in [2.75, 3.05) is 6.54 Å². The van der Waals surface area contributed by atoms with E-state index in [1.165, 1.54) is 12.1 Å². The van der Waals surface area contributed by atoms with Gasteiger partial charge in [-0.15, -0.1) is 0 Å². The van der Waals surface area contributed by atoms with Crippen molar-refractivity contribution in [3.05, 3.63) is 52.5 Å². The highest BCUT2D eigenvalue weighted by Gasteiger charge is 2.12. The van der Waals surface area contributed by atoms with E-state index in [-0.39, 0.29) is 15.9 Å². The SMILES string of the molecule is O=C(NCCn1cccn1)c1cccc(F)c1Br. The minimum atomic E-state index is -0.449. The van der Waals surface area contributed by atoms with Crippen molar-refractivity contribution in [2.45, 2.75) is 6.54 Å². The molecule has 1 N–H and O–H groups in total. The Morgan fingerprint density at radius 3 is 3.00 bits per heavy atom. The monoisotopic (exact) mass is 311 g/mol. The first-order chi connectivity index (χ1) is 8.68. The third kappa shape index (κ3) is 2.95. The highest BCUT2D eigenvalue weighted by Crippen LogP contribution is 2.19. The molecule has 0 saturated carbocycles. The molecule has 18 heavy (non-hydrogen) atoms. The number of aromatic nitrogens is 2. The molecule has 0 atom stereocenters. The lowest BCUT2D eigenvalue weighted by molar-refractivity contribution is 0.0950. The van der Waals surface area contributed by atoms with Crippen molar-refractivity contribution in [3.63, 3.8) is 0 Å². The molecule has 1 aromatic heterocycles. The Bertz CT molecular complexity index is 542. The zero-order valence-electron chi connectivity index (χ0n) is 9.44. The van der Waals surface area contributed by atoms with Crippen molar-refractivity contribution < 1.29 is 9.18 Å². The van der Waals surface area contributed by atoms with Gasteiger partial charge in [0.05, 0.1) is 16.6 Å². The molecule has 0 saturated heterocycles. The molecule has 4 nitrogen and oxygen atoms in total. The summed E-state index contributed by atoms with van der Waals surface area (Å²) >= 11 is 3.06. The Labute approximate surface area is 112 Å². The van der Waals surface area contributed by atoms with Crippen molar-refractivity contribution in [2.24, 2.45) is 0 Å². The fourth-order valence-electron chi connectivity index (χ4n) is 1.49. The molecule has 2 rings (SSSR count). The molecule has 0 aliphatic rings. The van der Waals surface area contributed by atoms with Gasteiger partial charge in [0.2, 0.25) is 0 Å². The van der Waals surface area contributed by atoms with Gasteiger partial charge in [-0.25, -0.2) is 4.39 Å². The normalized spacial score (nSPS) is 10.3. The molecule has 0 aliphatic carbocycles. The summed E-state index contributed by atoms with van der Waals surface area (Å²) in [6, 6.07) is 6.18. The van der Waals surface area contributed by atoms with Gasteiger partial charge in [-0.1, -0.05) is 6.07 Å². The molecule has 0 aliphatic heterocycles. The molecule has 1 aromatic carbocycles. The summed E-state index contributed by atoms with van der Waals surface area (Å²) in [4.78, 5) is 11.8. The van der Waals surface area contributed by atoms with E-state index in [1.807, 2.05) is 12.3 Å². The number of rotatable bonds is 4. The molecule has 0 unspecified atom stereocenters. The minimum Gasteiger partial charge on any atom is -0.350 e. The number of hydrogen-bond acceptors (Lipinski definition) is 2. The van der Waals surface area contributed by atoms with Crippen molar-refractivity contribution in [1.29, 1.82) is 0 Å². The van der Waals surface area contributed by atoms with Gasteiger partial charge in [-0.2, -0.15) is 5.10 Å². The quantitative estimate of drug-likeness (QED) is 0.941. The number of nitrogens with one attached hydrogen (secondary N) is 1. The standard InChI is InChI=1S/C12H11BrFN3O/c13-11-9(3-1-4-10(11)14)12(18)15-6-8-17-7-2-5-16-17/h1-5,7H,6,8H2,(H,15,18). The molecule has 1 amide bonds. The van der Waals surface area contributed by atoms with Crippen LogP contribution in [0.1, 0.15) is 10.4 Å². The van der Waals surface area contributed by atoms with Gasteiger partial charge in [0.15, 0.2) is 0 Å². The maximum atomic E-state index is 13.2. The second-order valence-electron chi connectivity index (χ2n) is 3.63. The summed E-state index contributed by atoms with van der Waals surface area (Å²) < 4.78 is 15.1. The van der Waals surface area contributed by atoms with E-state index in [0.29, 0.717) is 13.1 Å². The summed E-state index contributed by atoms with van der Waals surface area (Å²) in [6.07, 6.45) is 3.48. The van der Waals surface area contributed by atoms with Gasteiger partial charge in [-0.05, 0) is 34.1 Å². The lowest BCUT2D eigenvalue weighted by Gasteiger charge is -2.07. The van der Waals surface area contributed by atoms with Gasteiger partial charge in [-0.3, -0.25) is 9.48 Å². The number of carbonyl (C=O) groups is 1. The Morgan fingerprint density at radius 1 is 1.44 bits per heavy atom. The molecule has 6 heteroatoms. The second kappa shape index (κ2) is 5.77. The Balaban J connectivity index is 1.93. The first kappa shape index (κ1) is 12.8. The lowest BCUT2D eigenvalue weighted by Crippen LogP contribution is -2.27. The van der Waals surface area contributed by atoms with E-state index in [9.17, 15) is 9.18 Å². The third-order valence-electron chi connectivity index (χ3n) is 2.38. The van der Waals surface area contributed by atoms with Crippen LogP contribution in [0.4, 0.5) is 4.39 Å². The summed E-state index contributed by atoms with van der Waals surface area (Å²) in [7, 11) is 0.